The number of aromatic nitrogens is 2. The topological polar surface area (TPSA) is 73.3 Å². The molecule has 0 bridgehead atoms. The van der Waals surface area contributed by atoms with Gasteiger partial charge in [0.2, 0.25) is 5.91 Å². The molecule has 0 saturated heterocycles. The van der Waals surface area contributed by atoms with Gasteiger partial charge >= 0.3 is 0 Å². The van der Waals surface area contributed by atoms with Crippen LogP contribution in [0.1, 0.15) is 0 Å². The molecule has 3 rings (SSSR count). The summed E-state index contributed by atoms with van der Waals surface area (Å²) < 4.78 is 10.6. The summed E-state index contributed by atoms with van der Waals surface area (Å²) in [5.74, 6) is 1.40. The summed E-state index contributed by atoms with van der Waals surface area (Å²) in [6.45, 7) is 0. The summed E-state index contributed by atoms with van der Waals surface area (Å²) >= 11 is 7.33. The molecule has 1 aromatic heterocycles. The first-order valence-electron chi connectivity index (χ1n) is 8.34. The molecule has 0 spiro atoms. The molecular weight excluding hydrogens is 398 g/mol. The molecule has 144 valence electrons. The van der Waals surface area contributed by atoms with E-state index < -0.39 is 0 Å². The number of methoxy groups -OCH3 is 2. The van der Waals surface area contributed by atoms with Gasteiger partial charge in [-0.3, -0.25) is 4.79 Å². The van der Waals surface area contributed by atoms with Crippen LogP contribution >= 0.6 is 23.4 Å². The number of anilines is 1. The molecule has 1 heterocycles. The van der Waals surface area contributed by atoms with Gasteiger partial charge in [-0.15, -0.1) is 10.2 Å². The van der Waals surface area contributed by atoms with E-state index in [-0.39, 0.29) is 11.7 Å². The summed E-state index contributed by atoms with van der Waals surface area (Å²) in [6, 6.07) is 16.2. The number of nitrogens with zero attached hydrogens (tertiary/aromatic N) is 2. The van der Waals surface area contributed by atoms with E-state index in [9.17, 15) is 4.79 Å². The summed E-state index contributed by atoms with van der Waals surface area (Å²) in [5, 5.41) is 12.4. The smallest absolute Gasteiger partial charge is 0.234 e. The van der Waals surface area contributed by atoms with E-state index >= 15 is 0 Å². The Morgan fingerprint density at radius 3 is 2.57 bits per heavy atom. The maximum atomic E-state index is 12.1. The second-order valence-corrected chi connectivity index (χ2v) is 7.04. The van der Waals surface area contributed by atoms with E-state index in [1.54, 1.807) is 32.4 Å². The number of hydrogen-bond acceptors (Lipinski definition) is 6. The third-order valence-corrected chi connectivity index (χ3v) is 5.07. The third-order valence-electron chi connectivity index (χ3n) is 3.82. The normalized spacial score (nSPS) is 10.4. The largest absolute Gasteiger partial charge is 0.497 e. The molecule has 1 amide bonds. The van der Waals surface area contributed by atoms with E-state index in [4.69, 9.17) is 21.1 Å². The van der Waals surface area contributed by atoms with Gasteiger partial charge in [0.05, 0.1) is 36.4 Å². The van der Waals surface area contributed by atoms with Crippen molar-refractivity contribution in [1.82, 2.24) is 10.2 Å². The standard InChI is InChI=1S/C20H18ClN3O3S/c1-26-13-7-9-18(27-2)14(11-13)16-8-10-20(24-23-16)28-12-19(25)22-17-6-4-3-5-15(17)21/h3-11H,12H2,1-2H3,(H,22,25). The second-order valence-electron chi connectivity index (χ2n) is 5.64. The van der Waals surface area contributed by atoms with Crippen molar-refractivity contribution >= 4 is 35.0 Å². The number of benzene rings is 2. The maximum absolute atomic E-state index is 12.1. The first-order chi connectivity index (χ1) is 13.6. The molecule has 6 nitrogen and oxygen atoms in total. The molecule has 28 heavy (non-hydrogen) atoms. The molecule has 1 N–H and O–H groups in total. The average Bonchev–Trinajstić information content (AvgIpc) is 2.74. The predicted molar refractivity (Wildman–Crippen MR) is 111 cm³/mol. The molecule has 0 saturated carbocycles. The number of para-hydroxylation sites is 1. The molecule has 8 heteroatoms. The van der Waals surface area contributed by atoms with Crippen molar-refractivity contribution in [2.45, 2.75) is 5.03 Å². The highest BCUT2D eigenvalue weighted by Crippen LogP contribution is 2.32. The van der Waals surface area contributed by atoms with Crippen molar-refractivity contribution in [1.29, 1.82) is 0 Å². The van der Waals surface area contributed by atoms with Gasteiger partial charge in [0, 0.05) is 5.56 Å². The van der Waals surface area contributed by atoms with Gasteiger partial charge in [0.15, 0.2) is 0 Å². The number of nitrogens with one attached hydrogen (secondary N) is 1. The number of carbonyl (C=O) groups is 1. The van der Waals surface area contributed by atoms with E-state index in [0.717, 1.165) is 5.56 Å². The van der Waals surface area contributed by atoms with Gasteiger partial charge in [0.25, 0.3) is 0 Å². The molecule has 0 radical (unpaired) electrons. The van der Waals surface area contributed by atoms with Crippen LogP contribution in [0.15, 0.2) is 59.6 Å². The second kappa shape index (κ2) is 9.43. The quantitative estimate of drug-likeness (QED) is 0.571. The van der Waals surface area contributed by atoms with Crippen molar-refractivity contribution < 1.29 is 14.3 Å². The Balaban J connectivity index is 1.65. The Bertz CT molecular complexity index is 967. The van der Waals surface area contributed by atoms with Gasteiger partial charge in [0.1, 0.15) is 16.5 Å². The number of ether oxygens (including phenoxy) is 2. The average molecular weight is 416 g/mol. The summed E-state index contributed by atoms with van der Waals surface area (Å²) in [5.41, 5.74) is 2.02. The first kappa shape index (κ1) is 20.0. The minimum Gasteiger partial charge on any atom is -0.497 e. The van der Waals surface area contributed by atoms with Crippen LogP contribution in [0.4, 0.5) is 5.69 Å². The van der Waals surface area contributed by atoms with Crippen LogP contribution in [0.2, 0.25) is 5.02 Å². The first-order valence-corrected chi connectivity index (χ1v) is 9.70. The third kappa shape index (κ3) is 4.94. The predicted octanol–water partition coefficient (Wildman–Crippen LogP) is 4.55. The lowest BCUT2D eigenvalue weighted by atomic mass is 10.1. The van der Waals surface area contributed by atoms with Crippen molar-refractivity contribution in [2.75, 3.05) is 25.3 Å². The summed E-state index contributed by atoms with van der Waals surface area (Å²) in [4.78, 5) is 12.1. The fourth-order valence-electron chi connectivity index (χ4n) is 2.44. The molecular formula is C20H18ClN3O3S. The Hall–Kier alpha value is -2.77. The van der Waals surface area contributed by atoms with E-state index in [0.29, 0.717) is 32.9 Å². The minimum atomic E-state index is -0.168. The maximum Gasteiger partial charge on any atom is 0.234 e. The lowest BCUT2D eigenvalue weighted by Crippen LogP contribution is -2.14. The number of rotatable bonds is 7. The van der Waals surface area contributed by atoms with Crippen molar-refractivity contribution in [3.05, 3.63) is 59.6 Å². The SMILES string of the molecule is COc1ccc(OC)c(-c2ccc(SCC(=O)Nc3ccccc3Cl)nn2)c1. The van der Waals surface area contributed by atoms with E-state index in [1.807, 2.05) is 36.4 Å². The van der Waals surface area contributed by atoms with Crippen LogP contribution in [0, 0.1) is 0 Å². The molecule has 0 aliphatic rings. The number of halogens is 1. The Kier molecular flexibility index (Phi) is 6.73. The summed E-state index contributed by atoms with van der Waals surface area (Å²) in [6.07, 6.45) is 0. The van der Waals surface area contributed by atoms with E-state index in [2.05, 4.69) is 15.5 Å². The van der Waals surface area contributed by atoms with Crippen LogP contribution in [0.3, 0.4) is 0 Å². The van der Waals surface area contributed by atoms with Gasteiger partial charge in [-0.25, -0.2) is 0 Å². The van der Waals surface area contributed by atoms with Gasteiger partial charge < -0.3 is 14.8 Å². The number of hydrogen-bond donors (Lipinski definition) is 1. The fourth-order valence-corrected chi connectivity index (χ4v) is 3.24. The summed E-state index contributed by atoms with van der Waals surface area (Å²) in [7, 11) is 3.20. The Morgan fingerprint density at radius 1 is 1.07 bits per heavy atom. The van der Waals surface area contributed by atoms with Gasteiger partial charge in [-0.05, 0) is 42.5 Å². The lowest BCUT2D eigenvalue weighted by molar-refractivity contribution is -0.113. The highest BCUT2D eigenvalue weighted by atomic mass is 35.5. The van der Waals surface area contributed by atoms with Gasteiger partial charge in [-0.1, -0.05) is 35.5 Å². The zero-order chi connectivity index (χ0) is 19.9. The van der Waals surface area contributed by atoms with Gasteiger partial charge in [-0.2, -0.15) is 0 Å². The van der Waals surface area contributed by atoms with Crippen LogP contribution < -0.4 is 14.8 Å². The Labute approximate surface area is 172 Å². The zero-order valence-electron chi connectivity index (χ0n) is 15.3. The van der Waals surface area contributed by atoms with Crippen LogP contribution in [0.5, 0.6) is 11.5 Å². The lowest BCUT2D eigenvalue weighted by Gasteiger charge is -2.10. The van der Waals surface area contributed by atoms with Crippen LogP contribution in [0.25, 0.3) is 11.3 Å². The molecule has 0 unspecified atom stereocenters. The Morgan fingerprint density at radius 2 is 1.89 bits per heavy atom. The van der Waals surface area contributed by atoms with Crippen LogP contribution in [-0.4, -0.2) is 36.1 Å². The molecule has 0 aliphatic heterocycles. The monoisotopic (exact) mass is 415 g/mol. The fraction of sp³-hybridized carbons (Fsp3) is 0.150. The molecule has 3 aromatic rings. The van der Waals surface area contributed by atoms with E-state index in [1.165, 1.54) is 11.8 Å². The van der Waals surface area contributed by atoms with Crippen molar-refractivity contribution in [3.8, 4) is 22.8 Å². The highest BCUT2D eigenvalue weighted by molar-refractivity contribution is 7.99. The molecule has 0 aliphatic carbocycles. The number of thioether (sulfide) groups is 1. The molecule has 0 atom stereocenters. The molecule has 2 aromatic carbocycles. The minimum absolute atomic E-state index is 0.168. The molecule has 0 fully saturated rings. The van der Waals surface area contributed by atoms with Crippen LogP contribution in [-0.2, 0) is 4.79 Å². The number of carbonyl (C=O) groups excluding carboxylic acids is 1. The zero-order valence-corrected chi connectivity index (χ0v) is 16.9. The van der Waals surface area contributed by atoms with Crippen molar-refractivity contribution in [2.24, 2.45) is 0 Å². The number of amides is 1. The highest BCUT2D eigenvalue weighted by Gasteiger charge is 2.11. The van der Waals surface area contributed by atoms with Crippen molar-refractivity contribution in [3.63, 3.8) is 0 Å².